The Bertz CT molecular complexity index is 738. The van der Waals surface area contributed by atoms with Gasteiger partial charge >= 0.3 is 0 Å². The zero-order valence-electron chi connectivity index (χ0n) is 12.1. The van der Waals surface area contributed by atoms with Gasteiger partial charge in [0.1, 0.15) is 23.5 Å². The van der Waals surface area contributed by atoms with Crippen molar-refractivity contribution in [1.82, 2.24) is 9.97 Å². The molecule has 3 rings (SSSR count). The summed E-state index contributed by atoms with van der Waals surface area (Å²) < 4.78 is 11.0. The first-order valence-electron chi connectivity index (χ1n) is 6.83. The number of aromatic nitrogens is 2. The third kappa shape index (κ3) is 2.67. The minimum atomic E-state index is 0.775. The first kappa shape index (κ1) is 13.4. The molecule has 3 aromatic rings. The SMILES string of the molecule is COc1cc2occc2c(C)c1CCNc1ccncn1. The Kier molecular flexibility index (Phi) is 3.73. The van der Waals surface area contributed by atoms with E-state index in [9.17, 15) is 0 Å². The first-order valence-corrected chi connectivity index (χ1v) is 6.83. The van der Waals surface area contributed by atoms with Crippen LogP contribution >= 0.6 is 0 Å². The molecule has 1 aromatic carbocycles. The van der Waals surface area contributed by atoms with Crippen LogP contribution in [0.15, 0.2) is 41.4 Å². The number of ether oxygens (including phenoxy) is 1. The van der Waals surface area contributed by atoms with Crippen LogP contribution in [-0.4, -0.2) is 23.6 Å². The van der Waals surface area contributed by atoms with E-state index in [1.807, 2.05) is 18.2 Å². The molecular weight excluding hydrogens is 266 g/mol. The van der Waals surface area contributed by atoms with Gasteiger partial charge in [-0.3, -0.25) is 0 Å². The van der Waals surface area contributed by atoms with E-state index in [1.165, 1.54) is 17.5 Å². The van der Waals surface area contributed by atoms with Crippen LogP contribution in [0.4, 0.5) is 5.82 Å². The maximum Gasteiger partial charge on any atom is 0.137 e. The monoisotopic (exact) mass is 283 g/mol. The third-order valence-corrected chi connectivity index (χ3v) is 3.59. The Labute approximate surface area is 123 Å². The molecule has 0 spiro atoms. The van der Waals surface area contributed by atoms with E-state index in [1.54, 1.807) is 19.6 Å². The molecule has 0 amide bonds. The lowest BCUT2D eigenvalue weighted by Gasteiger charge is -2.13. The minimum Gasteiger partial charge on any atom is -0.496 e. The van der Waals surface area contributed by atoms with Crippen molar-refractivity contribution in [3.63, 3.8) is 0 Å². The van der Waals surface area contributed by atoms with Gasteiger partial charge in [0.2, 0.25) is 0 Å². The summed E-state index contributed by atoms with van der Waals surface area (Å²) in [7, 11) is 1.69. The zero-order valence-corrected chi connectivity index (χ0v) is 12.1. The summed E-state index contributed by atoms with van der Waals surface area (Å²) >= 11 is 0. The van der Waals surface area contributed by atoms with Crippen LogP contribution < -0.4 is 10.1 Å². The van der Waals surface area contributed by atoms with Crippen molar-refractivity contribution in [2.24, 2.45) is 0 Å². The van der Waals surface area contributed by atoms with Gasteiger partial charge < -0.3 is 14.5 Å². The van der Waals surface area contributed by atoms with Crippen LogP contribution in [0.25, 0.3) is 11.0 Å². The number of nitrogens with one attached hydrogen (secondary N) is 1. The Morgan fingerprint density at radius 3 is 3.00 bits per heavy atom. The van der Waals surface area contributed by atoms with Crippen molar-refractivity contribution in [2.75, 3.05) is 19.0 Å². The van der Waals surface area contributed by atoms with Crippen LogP contribution in [0.5, 0.6) is 5.75 Å². The quantitative estimate of drug-likeness (QED) is 0.779. The molecule has 21 heavy (non-hydrogen) atoms. The predicted octanol–water partition coefficient (Wildman–Crippen LogP) is 3.19. The number of anilines is 1. The molecule has 0 unspecified atom stereocenters. The molecule has 0 aliphatic rings. The van der Waals surface area contributed by atoms with Gasteiger partial charge in [-0.15, -0.1) is 0 Å². The molecule has 0 saturated heterocycles. The summed E-state index contributed by atoms with van der Waals surface area (Å²) in [6.45, 7) is 2.87. The number of rotatable bonds is 5. The standard InChI is InChI=1S/C16H17N3O2/c1-11-12(3-7-18-16-4-6-17-10-19-16)14(20-2)9-15-13(11)5-8-21-15/h4-6,8-10H,3,7H2,1-2H3,(H,17,18,19). The van der Waals surface area contributed by atoms with Crippen molar-refractivity contribution in [2.45, 2.75) is 13.3 Å². The smallest absolute Gasteiger partial charge is 0.137 e. The van der Waals surface area contributed by atoms with Crippen LogP contribution in [0.1, 0.15) is 11.1 Å². The number of aryl methyl sites for hydroxylation is 1. The Morgan fingerprint density at radius 2 is 2.24 bits per heavy atom. The lowest BCUT2D eigenvalue weighted by atomic mass is 10.0. The molecule has 2 heterocycles. The molecule has 0 radical (unpaired) electrons. The van der Waals surface area contributed by atoms with Gasteiger partial charge in [0.05, 0.1) is 13.4 Å². The largest absolute Gasteiger partial charge is 0.496 e. The molecule has 5 heteroatoms. The third-order valence-electron chi connectivity index (χ3n) is 3.59. The summed E-state index contributed by atoms with van der Waals surface area (Å²) in [5, 5.41) is 4.42. The fourth-order valence-electron chi connectivity index (χ4n) is 2.50. The molecule has 0 fully saturated rings. The molecule has 5 nitrogen and oxygen atoms in total. The number of methoxy groups -OCH3 is 1. The van der Waals surface area contributed by atoms with Crippen LogP contribution in [0.2, 0.25) is 0 Å². The summed E-state index contributed by atoms with van der Waals surface area (Å²) in [5.74, 6) is 1.69. The lowest BCUT2D eigenvalue weighted by molar-refractivity contribution is 0.409. The van der Waals surface area contributed by atoms with Crippen molar-refractivity contribution < 1.29 is 9.15 Å². The Hall–Kier alpha value is -2.56. The van der Waals surface area contributed by atoms with Gasteiger partial charge in [0, 0.05) is 24.2 Å². The Morgan fingerprint density at radius 1 is 1.33 bits per heavy atom. The number of benzene rings is 1. The molecule has 1 N–H and O–H groups in total. The fourth-order valence-corrected chi connectivity index (χ4v) is 2.50. The number of nitrogens with zero attached hydrogens (tertiary/aromatic N) is 2. The highest BCUT2D eigenvalue weighted by molar-refractivity contribution is 5.84. The second-order valence-corrected chi connectivity index (χ2v) is 4.79. The van der Waals surface area contributed by atoms with Crippen molar-refractivity contribution in [1.29, 1.82) is 0 Å². The average Bonchev–Trinajstić information content (AvgIpc) is 2.99. The molecular formula is C16H17N3O2. The van der Waals surface area contributed by atoms with Crippen molar-refractivity contribution in [3.05, 3.63) is 48.1 Å². The highest BCUT2D eigenvalue weighted by atomic mass is 16.5. The van der Waals surface area contributed by atoms with Crippen LogP contribution in [-0.2, 0) is 6.42 Å². The normalized spacial score (nSPS) is 10.8. The molecule has 0 aliphatic carbocycles. The first-order chi connectivity index (χ1) is 10.3. The highest BCUT2D eigenvalue weighted by Crippen LogP contribution is 2.31. The topological polar surface area (TPSA) is 60.2 Å². The minimum absolute atomic E-state index is 0.775. The maximum atomic E-state index is 5.49. The zero-order chi connectivity index (χ0) is 14.7. The number of hydrogen-bond acceptors (Lipinski definition) is 5. The van der Waals surface area contributed by atoms with Crippen LogP contribution in [0, 0.1) is 6.92 Å². The molecule has 108 valence electrons. The molecule has 0 aliphatic heterocycles. The summed E-state index contributed by atoms with van der Waals surface area (Å²) in [4.78, 5) is 8.05. The van der Waals surface area contributed by atoms with Crippen molar-refractivity contribution in [3.8, 4) is 5.75 Å². The van der Waals surface area contributed by atoms with Gasteiger partial charge in [-0.25, -0.2) is 9.97 Å². The molecule has 0 atom stereocenters. The predicted molar refractivity (Wildman–Crippen MR) is 81.7 cm³/mol. The van der Waals surface area contributed by atoms with Gasteiger partial charge in [-0.1, -0.05) is 0 Å². The van der Waals surface area contributed by atoms with E-state index >= 15 is 0 Å². The van der Waals surface area contributed by atoms with Crippen LogP contribution in [0.3, 0.4) is 0 Å². The van der Waals surface area contributed by atoms with E-state index in [-0.39, 0.29) is 0 Å². The highest BCUT2D eigenvalue weighted by Gasteiger charge is 2.12. The average molecular weight is 283 g/mol. The van der Waals surface area contributed by atoms with E-state index in [0.717, 1.165) is 35.5 Å². The summed E-state index contributed by atoms with van der Waals surface area (Å²) in [6, 6.07) is 5.79. The maximum absolute atomic E-state index is 5.49. The lowest BCUT2D eigenvalue weighted by Crippen LogP contribution is -2.08. The van der Waals surface area contributed by atoms with Gasteiger partial charge in [-0.05, 0) is 36.6 Å². The molecule has 2 aromatic heterocycles. The number of hydrogen-bond donors (Lipinski definition) is 1. The van der Waals surface area contributed by atoms with Gasteiger partial charge in [-0.2, -0.15) is 0 Å². The van der Waals surface area contributed by atoms with E-state index in [0.29, 0.717) is 0 Å². The van der Waals surface area contributed by atoms with Gasteiger partial charge in [0.25, 0.3) is 0 Å². The van der Waals surface area contributed by atoms with Gasteiger partial charge in [0.15, 0.2) is 0 Å². The summed E-state index contributed by atoms with van der Waals surface area (Å²) in [5.41, 5.74) is 3.24. The van der Waals surface area contributed by atoms with E-state index in [4.69, 9.17) is 9.15 Å². The molecule has 0 bridgehead atoms. The number of fused-ring (bicyclic) bond motifs is 1. The van der Waals surface area contributed by atoms with E-state index in [2.05, 4.69) is 22.2 Å². The second-order valence-electron chi connectivity index (χ2n) is 4.79. The molecule has 0 saturated carbocycles. The fraction of sp³-hybridized carbons (Fsp3) is 0.250. The number of furan rings is 1. The van der Waals surface area contributed by atoms with E-state index < -0.39 is 0 Å². The summed E-state index contributed by atoms with van der Waals surface area (Å²) in [6.07, 6.45) is 5.81. The second kappa shape index (κ2) is 5.83. The Balaban J connectivity index is 1.81. The van der Waals surface area contributed by atoms with Crippen molar-refractivity contribution >= 4 is 16.8 Å².